The van der Waals surface area contributed by atoms with E-state index in [1.165, 1.54) is 12.1 Å². The molecule has 3 aromatic rings. The number of halogens is 1. The molecule has 0 atom stereocenters. The molecule has 4 rings (SSSR count). The summed E-state index contributed by atoms with van der Waals surface area (Å²) in [6.45, 7) is 0. The molecule has 0 amide bonds. The monoisotopic (exact) mass is 358 g/mol. The number of hydrogen-bond donors (Lipinski definition) is 1. The van der Waals surface area contributed by atoms with Crippen molar-refractivity contribution in [1.82, 2.24) is 4.98 Å². The number of rotatable bonds is 4. The second kappa shape index (κ2) is 6.96. The number of aromatic carboxylic acids is 1. The second-order valence-electron chi connectivity index (χ2n) is 6.20. The maximum atomic E-state index is 14.1. The number of benzene rings is 2. The van der Waals surface area contributed by atoms with E-state index in [0.717, 1.165) is 28.5 Å². The second-order valence-corrected chi connectivity index (χ2v) is 6.20. The van der Waals surface area contributed by atoms with E-state index in [4.69, 9.17) is 4.99 Å². The van der Waals surface area contributed by atoms with Crippen LogP contribution in [0.5, 0.6) is 0 Å². The molecule has 27 heavy (non-hydrogen) atoms. The van der Waals surface area contributed by atoms with E-state index < -0.39 is 11.8 Å². The van der Waals surface area contributed by atoms with Crippen LogP contribution in [-0.4, -0.2) is 21.8 Å². The van der Waals surface area contributed by atoms with Gasteiger partial charge in [-0.15, -0.1) is 0 Å². The predicted molar refractivity (Wildman–Crippen MR) is 102 cm³/mol. The topological polar surface area (TPSA) is 62.5 Å². The van der Waals surface area contributed by atoms with Crippen molar-refractivity contribution in [2.45, 2.75) is 6.42 Å². The number of carboxylic acid groups (broad SMARTS) is 1. The van der Waals surface area contributed by atoms with Crippen LogP contribution >= 0.6 is 0 Å². The highest BCUT2D eigenvalue weighted by molar-refractivity contribution is 6.17. The molecule has 5 heteroatoms. The molecule has 4 nitrogen and oxygen atoms in total. The van der Waals surface area contributed by atoms with E-state index in [0.29, 0.717) is 17.7 Å². The van der Waals surface area contributed by atoms with Crippen molar-refractivity contribution in [1.29, 1.82) is 0 Å². The van der Waals surface area contributed by atoms with Gasteiger partial charge in [0.25, 0.3) is 0 Å². The summed E-state index contributed by atoms with van der Waals surface area (Å²) >= 11 is 0. The lowest BCUT2D eigenvalue weighted by Crippen LogP contribution is -2.01. The Morgan fingerprint density at radius 1 is 0.926 bits per heavy atom. The molecule has 1 aliphatic heterocycles. The molecule has 1 N–H and O–H groups in total. The van der Waals surface area contributed by atoms with E-state index in [1.54, 1.807) is 12.4 Å². The van der Waals surface area contributed by atoms with Gasteiger partial charge < -0.3 is 5.11 Å². The van der Waals surface area contributed by atoms with Crippen LogP contribution in [0.25, 0.3) is 11.3 Å². The van der Waals surface area contributed by atoms with Gasteiger partial charge in [-0.1, -0.05) is 30.3 Å². The van der Waals surface area contributed by atoms with Gasteiger partial charge in [0.1, 0.15) is 5.82 Å². The summed E-state index contributed by atoms with van der Waals surface area (Å²) in [5.74, 6) is -1.75. The van der Waals surface area contributed by atoms with Crippen LogP contribution in [0.4, 0.5) is 4.39 Å². The molecule has 0 spiro atoms. The third-order valence-electron chi connectivity index (χ3n) is 4.43. The minimum Gasteiger partial charge on any atom is -0.478 e. The molecule has 0 saturated heterocycles. The third-order valence-corrected chi connectivity index (χ3v) is 4.43. The number of aliphatic imine (C=N–C) groups is 1. The zero-order chi connectivity index (χ0) is 18.8. The average Bonchev–Trinajstić information content (AvgIpc) is 3.14. The number of allylic oxidation sites excluding steroid dienone is 1. The molecular weight excluding hydrogens is 343 g/mol. The standard InChI is InChI=1S/C22H15FN2O2/c23-18-11-16(10-17(12-18)22(26)27)19-13-20(14-4-2-1-3-5-14)25-21(19)15-6-8-24-9-7-15/h1-12H,13H2,(H,26,27). The smallest absolute Gasteiger partial charge is 0.335 e. The molecule has 132 valence electrons. The summed E-state index contributed by atoms with van der Waals surface area (Å²) in [7, 11) is 0. The normalized spacial score (nSPS) is 13.6. The average molecular weight is 358 g/mol. The third kappa shape index (κ3) is 3.40. The molecule has 0 saturated carbocycles. The van der Waals surface area contributed by atoms with Crippen molar-refractivity contribution in [2.75, 3.05) is 0 Å². The van der Waals surface area contributed by atoms with Gasteiger partial charge in [-0.25, -0.2) is 9.18 Å². The minimum absolute atomic E-state index is 0.0836. The molecule has 0 radical (unpaired) electrons. The Labute approximate surface area is 155 Å². The number of aromatic nitrogens is 1. The van der Waals surface area contributed by atoms with Gasteiger partial charge in [0.15, 0.2) is 0 Å². The fourth-order valence-corrected chi connectivity index (χ4v) is 3.16. The fraction of sp³-hybridized carbons (Fsp3) is 0.0455. The van der Waals surface area contributed by atoms with E-state index in [2.05, 4.69) is 4.98 Å². The van der Waals surface area contributed by atoms with E-state index in [1.807, 2.05) is 42.5 Å². The van der Waals surface area contributed by atoms with Gasteiger partial charge >= 0.3 is 5.97 Å². The zero-order valence-electron chi connectivity index (χ0n) is 14.3. The van der Waals surface area contributed by atoms with Crippen molar-refractivity contribution in [2.24, 2.45) is 4.99 Å². The van der Waals surface area contributed by atoms with Gasteiger partial charge in [0.05, 0.1) is 17.0 Å². The van der Waals surface area contributed by atoms with Crippen LogP contribution in [0.15, 0.2) is 78.0 Å². The predicted octanol–water partition coefficient (Wildman–Crippen LogP) is 4.68. The van der Waals surface area contributed by atoms with Crippen LogP contribution < -0.4 is 0 Å². The Hall–Kier alpha value is -3.60. The van der Waals surface area contributed by atoms with Crippen molar-refractivity contribution in [3.05, 3.63) is 101 Å². The molecule has 0 fully saturated rings. The molecule has 0 unspecified atom stereocenters. The first-order valence-corrected chi connectivity index (χ1v) is 8.42. The summed E-state index contributed by atoms with van der Waals surface area (Å²) in [5, 5.41) is 9.27. The van der Waals surface area contributed by atoms with E-state index in [-0.39, 0.29) is 5.56 Å². The van der Waals surface area contributed by atoms with E-state index in [9.17, 15) is 14.3 Å². The summed E-state index contributed by atoms with van der Waals surface area (Å²) in [6, 6.07) is 17.3. The van der Waals surface area contributed by atoms with Crippen LogP contribution in [0, 0.1) is 5.82 Å². The van der Waals surface area contributed by atoms with E-state index >= 15 is 0 Å². The molecule has 0 aliphatic carbocycles. The van der Waals surface area contributed by atoms with Crippen LogP contribution in [-0.2, 0) is 0 Å². The number of carbonyl (C=O) groups is 1. The van der Waals surface area contributed by atoms with Gasteiger partial charge in [-0.05, 0) is 47.0 Å². The highest BCUT2D eigenvalue weighted by Crippen LogP contribution is 2.37. The maximum Gasteiger partial charge on any atom is 0.335 e. The molecule has 0 bridgehead atoms. The fourth-order valence-electron chi connectivity index (χ4n) is 3.16. The summed E-state index contributed by atoms with van der Waals surface area (Å²) < 4.78 is 14.1. The minimum atomic E-state index is -1.16. The SMILES string of the molecule is O=C(O)c1cc(F)cc(C2=C(c3ccncc3)N=C(c3ccccc3)C2)c1. The Balaban J connectivity index is 1.86. The van der Waals surface area contributed by atoms with Crippen molar-refractivity contribution < 1.29 is 14.3 Å². The van der Waals surface area contributed by atoms with Crippen LogP contribution in [0.1, 0.15) is 33.5 Å². The molecule has 1 aliphatic rings. The van der Waals surface area contributed by atoms with Crippen molar-refractivity contribution in [3.63, 3.8) is 0 Å². The Morgan fingerprint density at radius 3 is 2.37 bits per heavy atom. The van der Waals surface area contributed by atoms with Gasteiger partial charge in [-0.2, -0.15) is 0 Å². The lowest BCUT2D eigenvalue weighted by atomic mass is 9.95. The Kier molecular flexibility index (Phi) is 4.34. The van der Waals surface area contributed by atoms with Crippen molar-refractivity contribution >= 4 is 23.0 Å². The largest absolute Gasteiger partial charge is 0.478 e. The first kappa shape index (κ1) is 16.8. The maximum absolute atomic E-state index is 14.1. The van der Waals surface area contributed by atoms with Crippen LogP contribution in [0.2, 0.25) is 0 Å². The lowest BCUT2D eigenvalue weighted by Gasteiger charge is -2.08. The first-order valence-electron chi connectivity index (χ1n) is 8.42. The first-order chi connectivity index (χ1) is 13.1. The van der Waals surface area contributed by atoms with Gasteiger partial charge in [-0.3, -0.25) is 9.98 Å². The summed E-state index contributed by atoms with van der Waals surface area (Å²) in [4.78, 5) is 20.2. The number of pyridine rings is 1. The van der Waals surface area contributed by atoms with Crippen LogP contribution in [0.3, 0.4) is 0 Å². The summed E-state index contributed by atoms with van der Waals surface area (Å²) in [6.07, 6.45) is 3.83. The number of nitrogens with zero attached hydrogens (tertiary/aromatic N) is 2. The number of carboxylic acids is 1. The molecule has 2 heterocycles. The van der Waals surface area contributed by atoms with Gasteiger partial charge in [0, 0.05) is 24.4 Å². The molecule has 1 aromatic heterocycles. The van der Waals surface area contributed by atoms with Crippen molar-refractivity contribution in [3.8, 4) is 0 Å². The quantitative estimate of drug-likeness (QED) is 0.736. The molecule has 2 aromatic carbocycles. The van der Waals surface area contributed by atoms with Gasteiger partial charge in [0.2, 0.25) is 0 Å². The Bertz CT molecular complexity index is 1070. The zero-order valence-corrected chi connectivity index (χ0v) is 14.3. The Morgan fingerprint density at radius 2 is 1.67 bits per heavy atom. The highest BCUT2D eigenvalue weighted by atomic mass is 19.1. The highest BCUT2D eigenvalue weighted by Gasteiger charge is 2.23. The summed E-state index contributed by atoms with van der Waals surface area (Å²) in [5.41, 5.74) is 4.63. The lowest BCUT2D eigenvalue weighted by molar-refractivity contribution is 0.0696. The number of hydrogen-bond acceptors (Lipinski definition) is 3. The molecular formula is C22H15FN2O2.